The molecule has 0 bridgehead atoms. The zero-order valence-electron chi connectivity index (χ0n) is 9.71. The first-order valence-corrected chi connectivity index (χ1v) is 5.90. The lowest BCUT2D eigenvalue weighted by molar-refractivity contribution is -0.385. The van der Waals surface area contributed by atoms with Gasteiger partial charge < -0.3 is 10.2 Å². The van der Waals surface area contributed by atoms with Gasteiger partial charge in [0.1, 0.15) is 18.0 Å². The van der Waals surface area contributed by atoms with E-state index >= 15 is 0 Å². The first-order valence-electron chi connectivity index (χ1n) is 5.11. The number of aromatic nitrogens is 2. The molecule has 2 rings (SSSR count). The second kappa shape index (κ2) is 5.75. The van der Waals surface area contributed by atoms with E-state index in [0.29, 0.717) is 0 Å². The maximum atomic E-state index is 13.5. The SMILES string of the molecule is NNc1cc(Oc2cc(F)c(Br)cc2[N+](=O)[O-])ncn1. The van der Waals surface area contributed by atoms with Crippen LogP contribution in [0.1, 0.15) is 0 Å². The average Bonchev–Trinajstić information content (AvgIpc) is 2.42. The Morgan fingerprint density at radius 2 is 2.15 bits per heavy atom. The van der Waals surface area contributed by atoms with Crippen molar-refractivity contribution in [2.75, 3.05) is 5.43 Å². The van der Waals surface area contributed by atoms with E-state index in [1.165, 1.54) is 6.07 Å². The summed E-state index contributed by atoms with van der Waals surface area (Å²) in [5, 5.41) is 10.9. The molecule has 0 saturated carbocycles. The van der Waals surface area contributed by atoms with E-state index in [4.69, 9.17) is 10.6 Å². The Kier molecular flexibility index (Phi) is 4.05. The second-order valence-electron chi connectivity index (χ2n) is 3.48. The van der Waals surface area contributed by atoms with E-state index in [-0.39, 0.29) is 21.9 Å². The predicted molar refractivity (Wildman–Crippen MR) is 70.7 cm³/mol. The number of nitrogens with two attached hydrogens (primary N) is 1. The number of anilines is 1. The number of hydrogen-bond acceptors (Lipinski definition) is 7. The van der Waals surface area contributed by atoms with Gasteiger partial charge in [-0.1, -0.05) is 0 Å². The highest BCUT2D eigenvalue weighted by molar-refractivity contribution is 9.10. The van der Waals surface area contributed by atoms with Crippen molar-refractivity contribution in [3.63, 3.8) is 0 Å². The molecule has 0 amide bonds. The highest BCUT2D eigenvalue weighted by atomic mass is 79.9. The van der Waals surface area contributed by atoms with Crippen molar-refractivity contribution in [2.45, 2.75) is 0 Å². The summed E-state index contributed by atoms with van der Waals surface area (Å²) in [6.07, 6.45) is 1.14. The third-order valence-corrected chi connectivity index (χ3v) is 2.81. The number of nitro benzene ring substituents is 1. The number of hydrazine groups is 1. The fourth-order valence-electron chi connectivity index (χ4n) is 1.33. The van der Waals surface area contributed by atoms with Crippen LogP contribution in [0, 0.1) is 15.9 Å². The van der Waals surface area contributed by atoms with Crippen LogP contribution in [0.4, 0.5) is 15.9 Å². The molecule has 0 aliphatic heterocycles. The summed E-state index contributed by atoms with van der Waals surface area (Å²) in [4.78, 5) is 17.7. The van der Waals surface area contributed by atoms with Crippen LogP contribution in [-0.4, -0.2) is 14.9 Å². The number of nitrogens with zero attached hydrogens (tertiary/aromatic N) is 3. The molecule has 104 valence electrons. The molecule has 0 spiro atoms. The Morgan fingerprint density at radius 3 is 2.80 bits per heavy atom. The average molecular weight is 344 g/mol. The number of hydrogen-bond donors (Lipinski definition) is 2. The third-order valence-electron chi connectivity index (χ3n) is 2.20. The molecule has 0 aliphatic rings. The van der Waals surface area contributed by atoms with Gasteiger partial charge in [-0.3, -0.25) is 10.1 Å². The number of nitrogen functional groups attached to an aromatic ring is 1. The molecule has 0 radical (unpaired) electrons. The first-order chi connectivity index (χ1) is 9.51. The molecule has 2 aromatic rings. The van der Waals surface area contributed by atoms with E-state index in [9.17, 15) is 14.5 Å². The summed E-state index contributed by atoms with van der Waals surface area (Å²) in [5.41, 5.74) is 1.86. The zero-order valence-corrected chi connectivity index (χ0v) is 11.3. The molecule has 20 heavy (non-hydrogen) atoms. The van der Waals surface area contributed by atoms with Crippen LogP contribution in [0.25, 0.3) is 0 Å². The molecule has 0 atom stereocenters. The zero-order chi connectivity index (χ0) is 14.7. The minimum atomic E-state index is -0.697. The van der Waals surface area contributed by atoms with Gasteiger partial charge >= 0.3 is 5.69 Å². The molecule has 1 aromatic carbocycles. The van der Waals surface area contributed by atoms with Crippen LogP contribution in [0.2, 0.25) is 0 Å². The van der Waals surface area contributed by atoms with Crippen molar-refractivity contribution >= 4 is 27.4 Å². The number of benzene rings is 1. The van der Waals surface area contributed by atoms with E-state index in [1.807, 2.05) is 0 Å². The highest BCUT2D eigenvalue weighted by Crippen LogP contribution is 2.35. The van der Waals surface area contributed by atoms with Crippen LogP contribution < -0.4 is 16.0 Å². The van der Waals surface area contributed by atoms with E-state index in [2.05, 4.69) is 31.3 Å². The monoisotopic (exact) mass is 343 g/mol. The van der Waals surface area contributed by atoms with Crippen molar-refractivity contribution in [1.82, 2.24) is 9.97 Å². The third kappa shape index (κ3) is 2.97. The van der Waals surface area contributed by atoms with E-state index < -0.39 is 16.4 Å². The Labute approximate surface area is 120 Å². The molecule has 8 nitrogen and oxygen atoms in total. The normalized spacial score (nSPS) is 10.2. The van der Waals surface area contributed by atoms with E-state index in [1.54, 1.807) is 0 Å². The molecule has 10 heteroatoms. The molecule has 1 aromatic heterocycles. The summed E-state index contributed by atoms with van der Waals surface area (Å²) in [6, 6.07) is 3.21. The topological polar surface area (TPSA) is 116 Å². The fraction of sp³-hybridized carbons (Fsp3) is 0. The van der Waals surface area contributed by atoms with Crippen LogP contribution in [0.15, 0.2) is 29.0 Å². The van der Waals surface area contributed by atoms with Crippen LogP contribution in [0.3, 0.4) is 0 Å². The largest absolute Gasteiger partial charge is 0.431 e. The first kappa shape index (κ1) is 14.1. The lowest BCUT2D eigenvalue weighted by Crippen LogP contribution is -2.08. The van der Waals surface area contributed by atoms with Gasteiger partial charge in [0.05, 0.1) is 9.40 Å². The summed E-state index contributed by atoms with van der Waals surface area (Å²) >= 11 is 2.87. The quantitative estimate of drug-likeness (QED) is 0.497. The lowest BCUT2D eigenvalue weighted by Gasteiger charge is -2.07. The standard InChI is InChI=1S/C10H7BrFN5O3/c11-5-1-7(17(18)19)8(2-6(5)12)20-10-3-9(16-13)14-4-15-10/h1-4H,13H2,(H,14,15,16). The van der Waals surface area contributed by atoms with Crippen molar-refractivity contribution in [3.05, 3.63) is 44.9 Å². The lowest BCUT2D eigenvalue weighted by atomic mass is 10.3. The van der Waals surface area contributed by atoms with Crippen molar-refractivity contribution in [3.8, 4) is 11.6 Å². The van der Waals surface area contributed by atoms with Gasteiger partial charge in [0, 0.05) is 18.2 Å². The Bertz CT molecular complexity index is 669. The predicted octanol–water partition coefficient (Wildman–Crippen LogP) is 2.36. The second-order valence-corrected chi connectivity index (χ2v) is 4.33. The summed E-state index contributed by atoms with van der Waals surface area (Å²) in [5.74, 6) is 4.42. The Balaban J connectivity index is 2.41. The van der Waals surface area contributed by atoms with Gasteiger partial charge in [0.15, 0.2) is 0 Å². The molecular formula is C10H7BrFN5O3. The highest BCUT2D eigenvalue weighted by Gasteiger charge is 2.20. The summed E-state index contributed by atoms with van der Waals surface area (Å²) < 4.78 is 18.6. The van der Waals surface area contributed by atoms with Crippen LogP contribution in [0.5, 0.6) is 11.6 Å². The maximum Gasteiger partial charge on any atom is 0.312 e. The van der Waals surface area contributed by atoms with Crippen LogP contribution >= 0.6 is 15.9 Å². The molecule has 0 aliphatic carbocycles. The smallest absolute Gasteiger partial charge is 0.312 e. The minimum absolute atomic E-state index is 0.0160. The van der Waals surface area contributed by atoms with Gasteiger partial charge in [-0.15, -0.1) is 0 Å². The summed E-state index contributed by atoms with van der Waals surface area (Å²) in [6.45, 7) is 0. The van der Waals surface area contributed by atoms with Gasteiger partial charge in [-0.25, -0.2) is 20.2 Å². The van der Waals surface area contributed by atoms with Gasteiger partial charge in [0.25, 0.3) is 0 Å². The molecular weight excluding hydrogens is 337 g/mol. The van der Waals surface area contributed by atoms with Crippen molar-refractivity contribution in [2.24, 2.45) is 5.84 Å². The molecule has 1 heterocycles. The Morgan fingerprint density at radius 1 is 1.40 bits per heavy atom. The maximum absolute atomic E-state index is 13.5. The fourth-order valence-corrected chi connectivity index (χ4v) is 1.66. The van der Waals surface area contributed by atoms with Crippen LogP contribution in [-0.2, 0) is 0 Å². The minimum Gasteiger partial charge on any atom is -0.431 e. The number of nitro groups is 1. The molecule has 0 unspecified atom stereocenters. The molecule has 0 fully saturated rings. The summed E-state index contributed by atoms with van der Waals surface area (Å²) in [7, 11) is 0. The van der Waals surface area contributed by atoms with Gasteiger partial charge in [-0.2, -0.15) is 0 Å². The number of nitrogens with one attached hydrogen (secondary N) is 1. The number of ether oxygens (including phenoxy) is 1. The molecule has 0 saturated heterocycles. The number of halogens is 2. The number of rotatable bonds is 4. The van der Waals surface area contributed by atoms with Gasteiger partial charge in [0.2, 0.25) is 11.6 Å². The van der Waals surface area contributed by atoms with Gasteiger partial charge in [-0.05, 0) is 15.9 Å². The van der Waals surface area contributed by atoms with Crippen molar-refractivity contribution in [1.29, 1.82) is 0 Å². The van der Waals surface area contributed by atoms with Crippen molar-refractivity contribution < 1.29 is 14.1 Å². The van der Waals surface area contributed by atoms with E-state index in [0.717, 1.165) is 18.5 Å². The molecule has 3 N–H and O–H groups in total. The Hall–Kier alpha value is -2.33.